The van der Waals surface area contributed by atoms with E-state index in [4.69, 9.17) is 9.47 Å². The van der Waals surface area contributed by atoms with Gasteiger partial charge >= 0.3 is 12.3 Å². The lowest BCUT2D eigenvalue weighted by Crippen LogP contribution is -2.03. The van der Waals surface area contributed by atoms with E-state index in [9.17, 15) is 23.7 Å². The van der Waals surface area contributed by atoms with Gasteiger partial charge in [-0.15, -0.1) is 0 Å². The summed E-state index contributed by atoms with van der Waals surface area (Å²) in [5, 5.41) is 11.2. The van der Waals surface area contributed by atoms with Crippen molar-refractivity contribution in [1.29, 1.82) is 0 Å². The molecule has 0 aliphatic carbocycles. The summed E-state index contributed by atoms with van der Waals surface area (Å²) in [7, 11) is 1.48. The summed E-state index contributed by atoms with van der Waals surface area (Å²) in [6, 6.07) is 16.6. The number of carbonyl (C=O) groups is 1. The molecule has 0 saturated carbocycles. The minimum Gasteiger partial charge on any atom is -0.496 e. The summed E-state index contributed by atoms with van der Waals surface area (Å²) in [4.78, 5) is 23.1. The highest BCUT2D eigenvalue weighted by Gasteiger charge is 2.15. The van der Waals surface area contributed by atoms with Crippen LogP contribution in [0.5, 0.6) is 17.2 Å². The first-order chi connectivity index (χ1) is 15.9. The fourth-order valence-electron chi connectivity index (χ4n) is 2.99. The molecule has 0 amide bonds. The van der Waals surface area contributed by atoms with E-state index >= 15 is 0 Å². The third-order valence-corrected chi connectivity index (χ3v) is 4.52. The first-order valence-corrected chi connectivity index (χ1v) is 9.68. The van der Waals surface area contributed by atoms with Crippen molar-refractivity contribution in [2.75, 3.05) is 7.11 Å². The summed E-state index contributed by atoms with van der Waals surface area (Å²) in [5.41, 5.74) is 1.29. The second-order valence-corrected chi connectivity index (χ2v) is 6.69. The molecular weight excluding hydrogens is 436 g/mol. The van der Waals surface area contributed by atoms with Gasteiger partial charge in [-0.3, -0.25) is 14.9 Å². The van der Waals surface area contributed by atoms with Crippen molar-refractivity contribution >= 4 is 17.5 Å². The van der Waals surface area contributed by atoms with Gasteiger partial charge < -0.3 is 14.2 Å². The number of rotatable bonds is 10. The molecule has 0 N–H and O–H groups in total. The van der Waals surface area contributed by atoms with E-state index in [-0.39, 0.29) is 29.4 Å². The Hall–Kier alpha value is -4.27. The van der Waals surface area contributed by atoms with Gasteiger partial charge in [-0.2, -0.15) is 8.78 Å². The van der Waals surface area contributed by atoms with E-state index < -0.39 is 17.3 Å². The lowest BCUT2D eigenvalue weighted by molar-refractivity contribution is -0.385. The Labute approximate surface area is 188 Å². The molecule has 7 nitrogen and oxygen atoms in total. The van der Waals surface area contributed by atoms with E-state index in [1.807, 2.05) is 0 Å². The standard InChI is InChI=1S/C24H19F2NO6/c1-31-22-12-10-16(9-11-21(28)17-5-4-6-19(14-17)33-24(25)26)13-18(22)15-32-23-8-3-2-7-20(23)27(29)30/h2-14,24H,15H2,1H3/b11-9+. The van der Waals surface area contributed by atoms with Crippen molar-refractivity contribution in [3.05, 3.63) is 99.6 Å². The van der Waals surface area contributed by atoms with Crippen molar-refractivity contribution < 1.29 is 32.7 Å². The molecule has 0 atom stereocenters. The smallest absolute Gasteiger partial charge is 0.387 e. The molecule has 0 saturated heterocycles. The Morgan fingerprint density at radius 1 is 1.06 bits per heavy atom. The van der Waals surface area contributed by atoms with Crippen LogP contribution in [0.15, 0.2) is 72.8 Å². The summed E-state index contributed by atoms with van der Waals surface area (Å²) in [6.07, 6.45) is 2.85. The quantitative estimate of drug-likeness (QED) is 0.169. The average Bonchev–Trinajstić information content (AvgIpc) is 2.81. The average molecular weight is 455 g/mol. The van der Waals surface area contributed by atoms with Gasteiger partial charge in [0.05, 0.1) is 12.0 Å². The lowest BCUT2D eigenvalue weighted by atomic mass is 10.1. The minimum atomic E-state index is -2.98. The zero-order valence-electron chi connectivity index (χ0n) is 17.4. The zero-order valence-corrected chi connectivity index (χ0v) is 17.4. The number of nitro benzene ring substituents is 1. The number of methoxy groups -OCH3 is 1. The number of benzene rings is 3. The largest absolute Gasteiger partial charge is 0.496 e. The van der Waals surface area contributed by atoms with Crippen molar-refractivity contribution in [2.24, 2.45) is 0 Å². The molecule has 0 aromatic heterocycles. The van der Waals surface area contributed by atoms with E-state index in [1.165, 1.54) is 49.6 Å². The number of hydrogen-bond acceptors (Lipinski definition) is 6. The number of ketones is 1. The molecule has 0 aliphatic heterocycles. The Morgan fingerprint density at radius 2 is 1.85 bits per heavy atom. The summed E-state index contributed by atoms with van der Waals surface area (Å²) in [6.45, 7) is -2.99. The Balaban J connectivity index is 1.76. The number of nitrogens with zero attached hydrogens (tertiary/aromatic N) is 1. The number of carbonyl (C=O) groups excluding carboxylic acids is 1. The highest BCUT2D eigenvalue weighted by molar-refractivity contribution is 6.07. The summed E-state index contributed by atoms with van der Waals surface area (Å²) in [5.74, 6) is 0.117. The SMILES string of the molecule is COc1ccc(/C=C/C(=O)c2cccc(OC(F)F)c2)cc1COc1ccccc1[N+](=O)[O-]. The van der Waals surface area contributed by atoms with Crippen LogP contribution in [0, 0.1) is 10.1 Å². The number of nitro groups is 1. The zero-order chi connectivity index (χ0) is 23.8. The Kier molecular flexibility index (Phi) is 7.69. The Morgan fingerprint density at radius 3 is 2.58 bits per heavy atom. The highest BCUT2D eigenvalue weighted by atomic mass is 19.3. The maximum Gasteiger partial charge on any atom is 0.387 e. The van der Waals surface area contributed by atoms with Crippen LogP contribution in [0.3, 0.4) is 0 Å². The summed E-state index contributed by atoms with van der Waals surface area (Å²) >= 11 is 0. The number of para-hydroxylation sites is 2. The molecule has 0 heterocycles. The van der Waals surface area contributed by atoms with Crippen molar-refractivity contribution in [2.45, 2.75) is 13.2 Å². The molecule has 0 unspecified atom stereocenters. The van der Waals surface area contributed by atoms with Gasteiger partial charge in [0.2, 0.25) is 0 Å². The first-order valence-electron chi connectivity index (χ1n) is 9.68. The molecule has 3 rings (SSSR count). The van der Waals surface area contributed by atoms with Gasteiger partial charge in [-0.25, -0.2) is 0 Å². The Bertz CT molecular complexity index is 1180. The lowest BCUT2D eigenvalue weighted by Gasteiger charge is -2.11. The molecule has 170 valence electrons. The van der Waals surface area contributed by atoms with Gasteiger partial charge in [0.15, 0.2) is 11.5 Å². The van der Waals surface area contributed by atoms with Gasteiger partial charge in [-0.05, 0) is 42.0 Å². The normalized spacial score (nSPS) is 10.9. The van der Waals surface area contributed by atoms with E-state index in [0.29, 0.717) is 16.9 Å². The van der Waals surface area contributed by atoms with Gasteiger partial charge in [0.1, 0.15) is 18.1 Å². The van der Waals surface area contributed by atoms with Gasteiger partial charge in [0.25, 0.3) is 0 Å². The first kappa shape index (κ1) is 23.4. The number of allylic oxidation sites excluding steroid dienone is 1. The predicted octanol–water partition coefficient (Wildman–Crippen LogP) is 5.68. The highest BCUT2D eigenvalue weighted by Crippen LogP contribution is 2.29. The van der Waals surface area contributed by atoms with Crippen molar-refractivity contribution in [3.63, 3.8) is 0 Å². The van der Waals surface area contributed by atoms with E-state index in [2.05, 4.69) is 4.74 Å². The second kappa shape index (κ2) is 10.9. The number of halogens is 2. The molecule has 0 spiro atoms. The molecule has 0 bridgehead atoms. The molecule has 0 fully saturated rings. The molecule has 33 heavy (non-hydrogen) atoms. The topological polar surface area (TPSA) is 87.9 Å². The monoisotopic (exact) mass is 455 g/mol. The second-order valence-electron chi connectivity index (χ2n) is 6.69. The minimum absolute atomic E-state index is 0.00331. The number of alkyl halides is 2. The number of ether oxygens (including phenoxy) is 3. The van der Waals surface area contributed by atoms with E-state index in [1.54, 1.807) is 36.4 Å². The molecular formula is C24H19F2NO6. The third kappa shape index (κ3) is 6.36. The molecule has 3 aromatic rings. The van der Waals surface area contributed by atoms with Crippen LogP contribution >= 0.6 is 0 Å². The fraction of sp³-hybridized carbons (Fsp3) is 0.125. The van der Waals surface area contributed by atoms with Crippen LogP contribution in [0.4, 0.5) is 14.5 Å². The fourth-order valence-corrected chi connectivity index (χ4v) is 2.99. The van der Waals surface area contributed by atoms with Crippen LogP contribution in [0.1, 0.15) is 21.5 Å². The van der Waals surface area contributed by atoms with Crippen LogP contribution < -0.4 is 14.2 Å². The molecule has 3 aromatic carbocycles. The maximum absolute atomic E-state index is 12.4. The summed E-state index contributed by atoms with van der Waals surface area (Å²) < 4.78 is 40.0. The third-order valence-electron chi connectivity index (χ3n) is 4.52. The van der Waals surface area contributed by atoms with Crippen molar-refractivity contribution in [1.82, 2.24) is 0 Å². The van der Waals surface area contributed by atoms with Crippen LogP contribution in [0.2, 0.25) is 0 Å². The maximum atomic E-state index is 12.4. The van der Waals surface area contributed by atoms with Crippen molar-refractivity contribution in [3.8, 4) is 17.2 Å². The van der Waals surface area contributed by atoms with Crippen LogP contribution in [-0.2, 0) is 6.61 Å². The van der Waals surface area contributed by atoms with Gasteiger partial charge in [-0.1, -0.05) is 36.4 Å². The molecule has 0 radical (unpaired) electrons. The van der Waals surface area contributed by atoms with E-state index in [0.717, 1.165) is 0 Å². The van der Waals surface area contributed by atoms with Crippen LogP contribution in [0.25, 0.3) is 6.08 Å². The van der Waals surface area contributed by atoms with Gasteiger partial charge in [0, 0.05) is 17.2 Å². The number of hydrogen-bond donors (Lipinski definition) is 0. The molecule has 9 heteroatoms. The molecule has 0 aliphatic rings. The van der Waals surface area contributed by atoms with Crippen LogP contribution in [-0.4, -0.2) is 24.4 Å². The predicted molar refractivity (Wildman–Crippen MR) is 117 cm³/mol.